The van der Waals surface area contributed by atoms with Gasteiger partial charge in [-0.1, -0.05) is 40.2 Å². The number of rotatable bonds is 6. The average Bonchev–Trinajstić information content (AvgIpc) is 2.89. The molecule has 0 saturated carbocycles. The monoisotopic (exact) mass is 473 g/mol. The average molecular weight is 475 g/mol. The minimum Gasteiger partial charge on any atom is -0.492 e. The number of carbonyl (C=O) groups excluding carboxylic acids is 2. The van der Waals surface area contributed by atoms with E-state index in [2.05, 4.69) is 27.8 Å². The molecule has 0 unspecified atom stereocenters. The topological polar surface area (TPSA) is 61.9 Å². The van der Waals surface area contributed by atoms with Crippen molar-refractivity contribution in [2.45, 2.75) is 0 Å². The number of hydrogen-bond donors (Lipinski definition) is 1. The van der Waals surface area contributed by atoms with Gasteiger partial charge in [0.25, 0.3) is 0 Å². The van der Waals surface area contributed by atoms with Crippen molar-refractivity contribution < 1.29 is 18.7 Å². The predicted octanol–water partition coefficient (Wildman–Crippen LogP) is 3.40. The van der Waals surface area contributed by atoms with Gasteiger partial charge in [-0.2, -0.15) is 0 Å². The van der Waals surface area contributed by atoms with E-state index < -0.39 is 23.6 Å². The Balaban J connectivity index is 2.44. The largest absolute Gasteiger partial charge is 0.492 e. The molecule has 0 radical (unpaired) electrons. The van der Waals surface area contributed by atoms with E-state index in [4.69, 9.17) is 16.3 Å². The van der Waals surface area contributed by atoms with Crippen LogP contribution in [0.2, 0.25) is 0 Å². The summed E-state index contributed by atoms with van der Waals surface area (Å²) in [4.78, 5) is 28.9. The molecule has 1 aliphatic heterocycles. The molecule has 1 N–H and O–H groups in total. The molecule has 1 heterocycles. The summed E-state index contributed by atoms with van der Waals surface area (Å²) in [5.74, 6) is -3.21. The van der Waals surface area contributed by atoms with E-state index in [-0.39, 0.29) is 17.3 Å². The summed E-state index contributed by atoms with van der Waals surface area (Å²) in [6.45, 7) is 4.18. The molecule has 152 valence electrons. The van der Waals surface area contributed by atoms with Gasteiger partial charge in [0.05, 0.1) is 12.8 Å². The van der Waals surface area contributed by atoms with Gasteiger partial charge < -0.3 is 19.9 Å². The number of allylic oxidation sites excluding steroid dienone is 1. The van der Waals surface area contributed by atoms with E-state index in [1.807, 2.05) is 0 Å². The summed E-state index contributed by atoms with van der Waals surface area (Å²) < 4.78 is 19.4. The van der Waals surface area contributed by atoms with Gasteiger partial charge in [-0.05, 0) is 12.1 Å². The molecule has 1 aliphatic rings. The lowest BCUT2D eigenvalue weighted by Crippen LogP contribution is -2.34. The van der Waals surface area contributed by atoms with Crippen molar-refractivity contribution in [3.05, 3.63) is 45.8 Å². The second-order valence-corrected chi connectivity index (χ2v) is 7.93. The lowest BCUT2D eigenvalue weighted by molar-refractivity contribution is -0.135. The fraction of sp³-hybridized carbons (Fsp3) is 0.368. The number of benzene rings is 1. The Kier molecular flexibility index (Phi) is 7.11. The Labute approximate surface area is 177 Å². The molecule has 0 aliphatic carbocycles. The van der Waals surface area contributed by atoms with Crippen LogP contribution >= 0.6 is 27.5 Å². The number of anilines is 1. The summed E-state index contributed by atoms with van der Waals surface area (Å²) in [6, 6.07) is 4.17. The fourth-order valence-electron chi connectivity index (χ4n) is 3.18. The van der Waals surface area contributed by atoms with Crippen molar-refractivity contribution in [2.24, 2.45) is 11.8 Å². The van der Waals surface area contributed by atoms with Gasteiger partial charge in [-0.3, -0.25) is 9.59 Å². The van der Waals surface area contributed by atoms with Crippen LogP contribution in [-0.2, 0) is 9.59 Å². The van der Waals surface area contributed by atoms with Gasteiger partial charge in [-0.25, -0.2) is 4.39 Å². The van der Waals surface area contributed by atoms with Crippen LogP contribution in [-0.4, -0.2) is 56.4 Å². The summed E-state index contributed by atoms with van der Waals surface area (Å²) >= 11 is 9.78. The highest BCUT2D eigenvalue weighted by Gasteiger charge is 2.46. The molecular weight excluding hydrogens is 453 g/mol. The minimum absolute atomic E-state index is 0.0989. The third kappa shape index (κ3) is 4.33. The number of nitrogens with one attached hydrogen (secondary N) is 1. The number of likely N-dealkylation sites (tertiary alicyclic amines) is 1. The highest BCUT2D eigenvalue weighted by molar-refractivity contribution is 9.11. The molecule has 2 rings (SSSR count). The number of halogens is 3. The number of methoxy groups -OCH3 is 1. The van der Waals surface area contributed by atoms with E-state index in [0.29, 0.717) is 21.8 Å². The molecule has 2 atom stereocenters. The zero-order chi connectivity index (χ0) is 21.2. The molecule has 1 aromatic rings. The molecule has 6 nitrogen and oxygen atoms in total. The summed E-state index contributed by atoms with van der Waals surface area (Å²) in [7, 11) is 6.43. The van der Waals surface area contributed by atoms with E-state index in [9.17, 15) is 14.0 Å². The van der Waals surface area contributed by atoms with Crippen molar-refractivity contribution in [2.75, 3.05) is 40.1 Å². The normalized spacial score (nSPS) is 20.0. The van der Waals surface area contributed by atoms with Crippen LogP contribution < -0.4 is 10.1 Å². The molecule has 9 heteroatoms. The minimum atomic E-state index is -1.05. The highest BCUT2D eigenvalue weighted by Crippen LogP contribution is 2.39. The third-order valence-electron chi connectivity index (χ3n) is 4.50. The number of hydrogen-bond acceptors (Lipinski definition) is 4. The van der Waals surface area contributed by atoms with Crippen LogP contribution in [0.4, 0.5) is 10.1 Å². The maximum atomic E-state index is 13.9. The number of carbonyl (C=O) groups is 2. The summed E-state index contributed by atoms with van der Waals surface area (Å²) in [6.07, 6.45) is 0. The Morgan fingerprint density at radius 2 is 2.11 bits per heavy atom. The standard InChI is InChI=1S/C19H22BrClFN3O3/c1-10(20)14(17(21)24(2)3)11-9-25(4)19(27)15(11)18(26)23-13-8-6-7-12(22)16(13)28-5/h6-8,11,15H,1,9H2,2-5H3,(H,23,26)/b17-14+/t11-,15+/m1/s1. The lowest BCUT2D eigenvalue weighted by atomic mass is 9.87. The zero-order valence-electron chi connectivity index (χ0n) is 16.1. The van der Waals surface area contributed by atoms with Crippen molar-refractivity contribution in [1.82, 2.24) is 9.80 Å². The van der Waals surface area contributed by atoms with Crippen LogP contribution in [0, 0.1) is 17.7 Å². The molecule has 0 bridgehead atoms. The van der Waals surface area contributed by atoms with Crippen LogP contribution in [0.1, 0.15) is 0 Å². The molecule has 28 heavy (non-hydrogen) atoms. The molecule has 0 spiro atoms. The quantitative estimate of drug-likeness (QED) is 0.390. The first-order valence-corrected chi connectivity index (χ1v) is 9.57. The van der Waals surface area contributed by atoms with E-state index in [1.165, 1.54) is 30.2 Å². The highest BCUT2D eigenvalue weighted by atomic mass is 79.9. The van der Waals surface area contributed by atoms with Gasteiger partial charge in [0.2, 0.25) is 11.8 Å². The first kappa shape index (κ1) is 22.2. The smallest absolute Gasteiger partial charge is 0.237 e. The van der Waals surface area contributed by atoms with Crippen LogP contribution in [0.5, 0.6) is 5.75 Å². The maximum Gasteiger partial charge on any atom is 0.237 e. The van der Waals surface area contributed by atoms with Crippen LogP contribution in [0.3, 0.4) is 0 Å². The second kappa shape index (κ2) is 8.96. The van der Waals surface area contributed by atoms with Crippen LogP contribution in [0.25, 0.3) is 0 Å². The predicted molar refractivity (Wildman–Crippen MR) is 111 cm³/mol. The Morgan fingerprint density at radius 3 is 2.64 bits per heavy atom. The summed E-state index contributed by atoms with van der Waals surface area (Å²) in [5.41, 5.74) is 0.714. The second-order valence-electron chi connectivity index (χ2n) is 6.62. The van der Waals surface area contributed by atoms with Crippen molar-refractivity contribution >= 4 is 45.0 Å². The number of ether oxygens (including phenoxy) is 1. The van der Waals surface area contributed by atoms with Crippen molar-refractivity contribution in [3.63, 3.8) is 0 Å². The number of para-hydroxylation sites is 1. The number of amides is 2. The molecule has 0 aromatic heterocycles. The molecule has 1 aromatic carbocycles. The first-order valence-electron chi connectivity index (χ1n) is 8.40. The van der Waals surface area contributed by atoms with Gasteiger partial charge in [0, 0.05) is 43.7 Å². The van der Waals surface area contributed by atoms with Gasteiger partial charge in [0.1, 0.15) is 11.1 Å². The van der Waals surface area contributed by atoms with Crippen molar-refractivity contribution in [3.8, 4) is 5.75 Å². The fourth-order valence-corrected chi connectivity index (χ4v) is 4.04. The Hall–Kier alpha value is -2.06. The lowest BCUT2D eigenvalue weighted by Gasteiger charge is -2.24. The Morgan fingerprint density at radius 1 is 1.46 bits per heavy atom. The Bertz CT molecular complexity index is 844. The molecular formula is C19H22BrClFN3O3. The maximum absolute atomic E-state index is 13.9. The van der Waals surface area contributed by atoms with E-state index in [0.717, 1.165) is 0 Å². The van der Waals surface area contributed by atoms with Gasteiger partial charge in [-0.15, -0.1) is 0 Å². The zero-order valence-corrected chi connectivity index (χ0v) is 18.4. The molecule has 1 fully saturated rings. The van der Waals surface area contributed by atoms with E-state index >= 15 is 0 Å². The van der Waals surface area contributed by atoms with Crippen molar-refractivity contribution in [1.29, 1.82) is 0 Å². The number of nitrogens with zero attached hydrogens (tertiary/aromatic N) is 2. The van der Waals surface area contributed by atoms with Gasteiger partial charge >= 0.3 is 0 Å². The van der Waals surface area contributed by atoms with Crippen LogP contribution in [0.15, 0.2) is 40.0 Å². The van der Waals surface area contributed by atoms with Gasteiger partial charge in [0.15, 0.2) is 11.6 Å². The SMILES string of the molecule is C=C(Br)/C(=C(/Cl)N(C)C)[C@H]1CN(C)C(=O)[C@@H]1C(=O)Nc1cccc(F)c1OC. The van der Waals surface area contributed by atoms with E-state index in [1.54, 1.807) is 26.0 Å². The molecule has 1 saturated heterocycles. The first-order chi connectivity index (χ1) is 13.1. The molecule has 2 amide bonds. The third-order valence-corrected chi connectivity index (χ3v) is 5.47. The summed E-state index contributed by atoms with van der Waals surface area (Å²) in [5, 5.41) is 2.98.